The number of hydrogen-bond acceptors (Lipinski definition) is 5. The molecule has 0 spiro atoms. The van der Waals surface area contributed by atoms with Crippen LogP contribution in [0.2, 0.25) is 0 Å². The first-order valence-electron chi connectivity index (χ1n) is 11.0. The predicted molar refractivity (Wildman–Crippen MR) is 120 cm³/mol. The molecule has 8 heteroatoms. The molecule has 5 rings (SSSR count). The van der Waals surface area contributed by atoms with Crippen molar-refractivity contribution in [2.75, 3.05) is 13.7 Å². The maximum Gasteiger partial charge on any atom is 0.343 e. The molecule has 2 aliphatic carbocycles. The number of aryl methyl sites for hydroxylation is 1. The first kappa shape index (κ1) is 21.3. The SMILES string of the molecule is CCOC(=O)c1cn(C2CC2)c2c(F)c(-c3cc4c(s3)C(NC)CCC4)c(F)cc2c1=O. The fourth-order valence-corrected chi connectivity index (χ4v) is 6.02. The smallest absolute Gasteiger partial charge is 0.343 e. The second kappa shape index (κ2) is 8.08. The molecule has 168 valence electrons. The highest BCUT2D eigenvalue weighted by molar-refractivity contribution is 7.15. The molecule has 1 unspecified atom stereocenters. The molecule has 0 amide bonds. The van der Waals surface area contributed by atoms with Crippen molar-refractivity contribution in [2.24, 2.45) is 0 Å². The number of rotatable bonds is 5. The van der Waals surface area contributed by atoms with E-state index < -0.39 is 23.0 Å². The largest absolute Gasteiger partial charge is 0.462 e. The van der Waals surface area contributed by atoms with Gasteiger partial charge in [0.1, 0.15) is 11.4 Å². The number of carbonyl (C=O) groups is 1. The van der Waals surface area contributed by atoms with Crippen LogP contribution in [0, 0.1) is 11.6 Å². The number of hydrogen-bond donors (Lipinski definition) is 1. The number of halogens is 2. The van der Waals surface area contributed by atoms with Gasteiger partial charge >= 0.3 is 5.97 Å². The zero-order valence-electron chi connectivity index (χ0n) is 18.0. The first-order valence-corrected chi connectivity index (χ1v) is 11.8. The normalized spacial score (nSPS) is 18.1. The Labute approximate surface area is 188 Å². The molecule has 5 nitrogen and oxygen atoms in total. The maximum atomic E-state index is 15.9. The number of esters is 1. The van der Waals surface area contributed by atoms with Crippen LogP contribution in [0.25, 0.3) is 21.3 Å². The number of thiophene rings is 1. The van der Waals surface area contributed by atoms with Gasteiger partial charge in [0.2, 0.25) is 5.43 Å². The Balaban J connectivity index is 1.74. The predicted octanol–water partition coefficient (Wildman–Crippen LogP) is 5.12. The number of benzene rings is 1. The summed E-state index contributed by atoms with van der Waals surface area (Å²) in [6.07, 6.45) is 5.89. The average Bonchev–Trinajstić information content (AvgIpc) is 3.52. The molecular weight excluding hydrogens is 434 g/mol. The number of fused-ring (bicyclic) bond motifs is 2. The van der Waals surface area contributed by atoms with Gasteiger partial charge in [0.15, 0.2) is 5.82 Å². The van der Waals surface area contributed by atoms with Crippen LogP contribution >= 0.6 is 11.3 Å². The minimum atomic E-state index is -0.796. The molecule has 1 aromatic carbocycles. The lowest BCUT2D eigenvalue weighted by Crippen LogP contribution is -2.21. The number of nitrogens with one attached hydrogen (secondary N) is 1. The van der Waals surface area contributed by atoms with E-state index >= 15 is 8.78 Å². The van der Waals surface area contributed by atoms with Crippen molar-refractivity contribution in [2.45, 2.75) is 51.1 Å². The molecule has 0 bridgehead atoms. The van der Waals surface area contributed by atoms with Gasteiger partial charge in [0.05, 0.1) is 23.1 Å². The third-order valence-corrected chi connectivity index (χ3v) is 7.64. The molecule has 0 radical (unpaired) electrons. The van der Waals surface area contributed by atoms with Crippen LogP contribution in [-0.2, 0) is 11.2 Å². The van der Waals surface area contributed by atoms with E-state index in [1.54, 1.807) is 11.5 Å². The molecule has 1 atom stereocenters. The lowest BCUT2D eigenvalue weighted by molar-refractivity contribution is 0.0524. The van der Waals surface area contributed by atoms with E-state index in [1.807, 2.05) is 13.1 Å². The molecular formula is C24H24F2N2O3S. The summed E-state index contributed by atoms with van der Waals surface area (Å²) in [5, 5.41) is 3.16. The third kappa shape index (κ3) is 3.36. The van der Waals surface area contributed by atoms with E-state index in [4.69, 9.17) is 4.74 Å². The fraction of sp³-hybridized carbons (Fsp3) is 0.417. The number of aromatic nitrogens is 1. The highest BCUT2D eigenvalue weighted by Gasteiger charge is 2.31. The van der Waals surface area contributed by atoms with Gasteiger partial charge in [-0.2, -0.15) is 0 Å². The number of nitrogens with zero attached hydrogens (tertiary/aromatic N) is 1. The van der Waals surface area contributed by atoms with Gasteiger partial charge < -0.3 is 14.6 Å². The molecule has 3 aromatic rings. The summed E-state index contributed by atoms with van der Waals surface area (Å²) in [6, 6.07) is 3.11. The molecule has 2 heterocycles. The molecule has 32 heavy (non-hydrogen) atoms. The molecule has 0 saturated heterocycles. The van der Waals surface area contributed by atoms with Crippen molar-refractivity contribution in [1.82, 2.24) is 9.88 Å². The van der Waals surface area contributed by atoms with E-state index in [1.165, 1.54) is 17.5 Å². The third-order valence-electron chi connectivity index (χ3n) is 6.34. The van der Waals surface area contributed by atoms with Crippen molar-refractivity contribution in [3.05, 3.63) is 56.2 Å². The number of carbonyl (C=O) groups excluding carboxylic acids is 1. The fourth-order valence-electron chi connectivity index (χ4n) is 4.62. The molecule has 1 N–H and O–H groups in total. The lowest BCUT2D eigenvalue weighted by atomic mass is 9.94. The van der Waals surface area contributed by atoms with Crippen molar-refractivity contribution >= 4 is 28.2 Å². The Bertz CT molecular complexity index is 1290. The van der Waals surface area contributed by atoms with Crippen LogP contribution in [0.4, 0.5) is 8.78 Å². The molecule has 2 aromatic heterocycles. The summed E-state index contributed by atoms with van der Waals surface area (Å²) in [5.41, 5.74) is 0.163. The summed E-state index contributed by atoms with van der Waals surface area (Å²) in [6.45, 7) is 1.75. The van der Waals surface area contributed by atoms with Crippen LogP contribution in [-0.4, -0.2) is 24.2 Å². The minimum Gasteiger partial charge on any atom is -0.462 e. The van der Waals surface area contributed by atoms with E-state index in [9.17, 15) is 9.59 Å². The zero-order valence-corrected chi connectivity index (χ0v) is 18.8. The highest BCUT2D eigenvalue weighted by atomic mass is 32.1. The number of pyridine rings is 1. The van der Waals surface area contributed by atoms with Gasteiger partial charge in [0.25, 0.3) is 0 Å². The molecule has 1 fully saturated rings. The Morgan fingerprint density at radius 1 is 1.28 bits per heavy atom. The highest BCUT2D eigenvalue weighted by Crippen LogP contribution is 2.44. The van der Waals surface area contributed by atoms with Crippen molar-refractivity contribution in [3.8, 4) is 10.4 Å². The summed E-state index contributed by atoms with van der Waals surface area (Å²) in [4.78, 5) is 26.9. The zero-order chi connectivity index (χ0) is 22.6. The van der Waals surface area contributed by atoms with Crippen molar-refractivity contribution in [3.63, 3.8) is 0 Å². The summed E-state index contributed by atoms with van der Waals surface area (Å²) in [7, 11) is 1.89. The van der Waals surface area contributed by atoms with E-state index in [0.717, 1.165) is 48.6 Å². The molecule has 0 aliphatic heterocycles. The van der Waals surface area contributed by atoms with Crippen LogP contribution in [0.5, 0.6) is 0 Å². The van der Waals surface area contributed by atoms with E-state index in [2.05, 4.69) is 5.32 Å². The maximum absolute atomic E-state index is 15.9. The summed E-state index contributed by atoms with van der Waals surface area (Å²) in [5.74, 6) is -2.32. The van der Waals surface area contributed by atoms with Crippen LogP contribution in [0.15, 0.2) is 23.1 Å². The second-order valence-electron chi connectivity index (χ2n) is 8.41. The minimum absolute atomic E-state index is 0.0238. The van der Waals surface area contributed by atoms with Crippen LogP contribution in [0.1, 0.15) is 65.5 Å². The lowest BCUT2D eigenvalue weighted by Gasteiger charge is -2.21. The van der Waals surface area contributed by atoms with Gasteiger partial charge in [-0.3, -0.25) is 4.79 Å². The molecule has 1 saturated carbocycles. The topological polar surface area (TPSA) is 60.3 Å². The van der Waals surface area contributed by atoms with Gasteiger partial charge in [0, 0.05) is 28.0 Å². The summed E-state index contributed by atoms with van der Waals surface area (Å²) < 4.78 is 37.9. The van der Waals surface area contributed by atoms with Crippen molar-refractivity contribution in [1.29, 1.82) is 0 Å². The van der Waals surface area contributed by atoms with Crippen LogP contribution < -0.4 is 10.7 Å². The Morgan fingerprint density at radius 2 is 2.06 bits per heavy atom. The van der Waals surface area contributed by atoms with E-state index in [0.29, 0.717) is 4.88 Å². The van der Waals surface area contributed by atoms with Gasteiger partial charge in [-0.1, -0.05) is 0 Å². The van der Waals surface area contributed by atoms with Gasteiger partial charge in [-0.15, -0.1) is 11.3 Å². The standard InChI is InChI=1S/C24H24F2N2O3S/c1-3-31-24(30)15-11-28(13-7-8-13)21-14(22(15)29)10-16(25)19(20(21)26)18-9-12-5-4-6-17(27-2)23(12)32-18/h9-11,13,17,27H,3-8H2,1-2H3. The van der Waals surface area contributed by atoms with Crippen LogP contribution in [0.3, 0.4) is 0 Å². The second-order valence-corrected chi connectivity index (χ2v) is 9.49. The first-order chi connectivity index (χ1) is 15.4. The van der Waals surface area contributed by atoms with Crippen molar-refractivity contribution < 1.29 is 18.3 Å². The van der Waals surface area contributed by atoms with Gasteiger partial charge in [-0.05, 0) is 63.8 Å². The quantitative estimate of drug-likeness (QED) is 0.540. The Hall–Kier alpha value is -2.58. The average molecular weight is 459 g/mol. The Morgan fingerprint density at radius 3 is 2.75 bits per heavy atom. The van der Waals surface area contributed by atoms with Gasteiger partial charge in [-0.25, -0.2) is 13.6 Å². The molecule has 2 aliphatic rings. The van der Waals surface area contributed by atoms with E-state index in [-0.39, 0.29) is 40.7 Å². The Kier molecular flexibility index (Phi) is 5.37. The monoisotopic (exact) mass is 458 g/mol. The number of ether oxygens (including phenoxy) is 1. The summed E-state index contributed by atoms with van der Waals surface area (Å²) >= 11 is 1.40.